The molecule has 3 fully saturated rings. The van der Waals surface area contributed by atoms with Gasteiger partial charge in [-0.3, -0.25) is 4.98 Å². The van der Waals surface area contributed by atoms with E-state index in [0.29, 0.717) is 16.9 Å². The van der Waals surface area contributed by atoms with E-state index in [0.717, 1.165) is 17.8 Å². The number of nitrogens with zero attached hydrogens (tertiary/aromatic N) is 4. The van der Waals surface area contributed by atoms with E-state index in [1.54, 1.807) is 5.57 Å². The summed E-state index contributed by atoms with van der Waals surface area (Å²) in [6.07, 6.45) is 21.0. The smallest absolute Gasteiger partial charge is 0.0693 e. The Morgan fingerprint density at radius 2 is 1.83 bits per heavy atom. The van der Waals surface area contributed by atoms with E-state index in [1.807, 2.05) is 18.6 Å². The molecule has 3 saturated carbocycles. The van der Waals surface area contributed by atoms with Gasteiger partial charge in [0.2, 0.25) is 0 Å². The lowest BCUT2D eigenvalue weighted by atomic mass is 9.40. The number of pyridine rings is 1. The number of aromatic nitrogens is 4. The van der Waals surface area contributed by atoms with E-state index in [2.05, 4.69) is 77.3 Å². The summed E-state index contributed by atoms with van der Waals surface area (Å²) in [7, 11) is 0. The number of hydrogen-bond acceptors (Lipinski definition) is 3. The first-order valence-corrected chi connectivity index (χ1v) is 13.8. The van der Waals surface area contributed by atoms with E-state index in [9.17, 15) is 0 Å². The molecule has 2 unspecified atom stereocenters. The average Bonchev–Trinajstić information content (AvgIpc) is 3.50. The molecule has 0 aliphatic heterocycles. The number of benzene rings is 1. The van der Waals surface area contributed by atoms with Crippen molar-refractivity contribution in [3.05, 3.63) is 60.7 Å². The molecule has 0 N–H and O–H groups in total. The van der Waals surface area contributed by atoms with E-state index in [-0.39, 0.29) is 5.41 Å². The zero-order valence-corrected chi connectivity index (χ0v) is 21.5. The summed E-state index contributed by atoms with van der Waals surface area (Å²) in [6, 6.07) is 9.70. The zero-order valence-electron chi connectivity index (χ0n) is 21.5. The maximum Gasteiger partial charge on any atom is 0.0693 e. The predicted octanol–water partition coefficient (Wildman–Crippen LogP) is 7.49. The molecule has 7 rings (SSSR count). The summed E-state index contributed by atoms with van der Waals surface area (Å²) < 4.78 is 2.14. The molecule has 0 amide bonds. The predicted molar refractivity (Wildman–Crippen MR) is 141 cm³/mol. The Morgan fingerprint density at radius 3 is 2.69 bits per heavy atom. The molecular formula is C31H38N4. The highest BCUT2D eigenvalue weighted by molar-refractivity contribution is 5.87. The molecule has 4 nitrogen and oxygen atoms in total. The molecule has 2 aromatic heterocycles. The summed E-state index contributed by atoms with van der Waals surface area (Å²) in [5.41, 5.74) is 4.11. The van der Waals surface area contributed by atoms with Gasteiger partial charge in [0.25, 0.3) is 0 Å². The van der Waals surface area contributed by atoms with Crippen LogP contribution in [0.4, 0.5) is 0 Å². The van der Waals surface area contributed by atoms with Crippen LogP contribution in [0, 0.1) is 34.0 Å². The van der Waals surface area contributed by atoms with Crippen LogP contribution in [-0.4, -0.2) is 20.0 Å². The van der Waals surface area contributed by atoms with Gasteiger partial charge in [0.1, 0.15) is 0 Å². The van der Waals surface area contributed by atoms with Crippen molar-refractivity contribution in [1.82, 2.24) is 20.0 Å². The van der Waals surface area contributed by atoms with E-state index in [4.69, 9.17) is 0 Å². The molecule has 1 aromatic carbocycles. The highest BCUT2D eigenvalue weighted by Crippen LogP contribution is 2.72. The number of allylic oxidation sites excluding steroid dienone is 2. The molecule has 0 radical (unpaired) electrons. The summed E-state index contributed by atoms with van der Waals surface area (Å²) in [4.78, 5) is 4.39. The fourth-order valence-electron chi connectivity index (χ4n) is 9.51. The van der Waals surface area contributed by atoms with Crippen LogP contribution >= 0.6 is 0 Å². The van der Waals surface area contributed by atoms with Gasteiger partial charge in [-0.25, -0.2) is 4.68 Å². The molecule has 4 heteroatoms. The summed E-state index contributed by atoms with van der Waals surface area (Å²) in [6.45, 7) is 7.92. The van der Waals surface area contributed by atoms with Gasteiger partial charge in [-0.2, -0.15) is 0 Å². The van der Waals surface area contributed by atoms with Crippen molar-refractivity contribution in [2.75, 3.05) is 0 Å². The molecule has 0 spiro atoms. The minimum absolute atomic E-state index is 0.255. The minimum Gasteiger partial charge on any atom is -0.264 e. The Labute approximate surface area is 209 Å². The highest BCUT2D eigenvalue weighted by atomic mass is 15.4. The first-order chi connectivity index (χ1) is 16.9. The molecule has 0 saturated heterocycles. The third-order valence-electron chi connectivity index (χ3n) is 11.8. The van der Waals surface area contributed by atoms with Crippen LogP contribution < -0.4 is 0 Å². The van der Waals surface area contributed by atoms with Crippen molar-refractivity contribution in [3.8, 4) is 0 Å². The molecule has 0 bridgehead atoms. The summed E-state index contributed by atoms with van der Waals surface area (Å²) in [5.74, 6) is 2.49. The molecular weight excluding hydrogens is 428 g/mol. The monoisotopic (exact) mass is 466 g/mol. The van der Waals surface area contributed by atoms with Crippen molar-refractivity contribution >= 4 is 16.3 Å². The second-order valence-electron chi connectivity index (χ2n) is 12.9. The number of rotatable bonds is 2. The lowest BCUT2D eigenvalue weighted by Gasteiger charge is -2.64. The molecule has 7 atom stereocenters. The second-order valence-corrected chi connectivity index (χ2v) is 12.9. The van der Waals surface area contributed by atoms with Gasteiger partial charge in [-0.15, -0.1) is 5.10 Å². The third-order valence-corrected chi connectivity index (χ3v) is 11.8. The van der Waals surface area contributed by atoms with Crippen LogP contribution in [0.3, 0.4) is 0 Å². The van der Waals surface area contributed by atoms with Gasteiger partial charge in [0, 0.05) is 24.0 Å². The Morgan fingerprint density at radius 1 is 0.914 bits per heavy atom. The van der Waals surface area contributed by atoms with Crippen LogP contribution in [-0.2, 0) is 0 Å². The maximum atomic E-state index is 4.39. The normalized spacial score (nSPS) is 40.6. The Balaban J connectivity index is 1.18. The van der Waals surface area contributed by atoms with Gasteiger partial charge in [0.15, 0.2) is 0 Å². The molecule has 3 aromatic rings. The van der Waals surface area contributed by atoms with Gasteiger partial charge in [0.05, 0.1) is 12.2 Å². The molecule has 2 heterocycles. The van der Waals surface area contributed by atoms with Crippen LogP contribution in [0.1, 0.15) is 83.7 Å². The van der Waals surface area contributed by atoms with Crippen LogP contribution in [0.25, 0.3) is 16.3 Å². The Hall–Kier alpha value is -2.49. The largest absolute Gasteiger partial charge is 0.264 e. The van der Waals surface area contributed by atoms with Gasteiger partial charge >= 0.3 is 0 Å². The average molecular weight is 467 g/mol. The van der Waals surface area contributed by atoms with E-state index in [1.165, 1.54) is 67.7 Å². The SMILES string of the molecule is C[C@]12CC[C@H](n3ccnn3)CC1CC[C@@H]1C2CC[C@]2(C)C(c3ccc4ccncc4c3)=CC[C@@]12C. The number of hydrogen-bond donors (Lipinski definition) is 0. The van der Waals surface area contributed by atoms with Crippen molar-refractivity contribution in [3.63, 3.8) is 0 Å². The quantitative estimate of drug-likeness (QED) is 0.393. The standard InChI is InChI=1S/C31H38N4/c1-29-12-8-25(35-17-16-33-34-35)19-24(29)6-7-28-27(29)10-14-30(2)26(9-13-31(28,30)3)22-5-4-21-11-15-32-20-23(21)18-22/h4-5,9,11,15-18,20,24-25,27-28H,6-8,10,12-14,19H2,1-3H3/t24?,25-,27?,28+,29-,30+,31-/m0/s1. The van der Waals surface area contributed by atoms with Crippen LogP contribution in [0.15, 0.2) is 55.1 Å². The van der Waals surface area contributed by atoms with Crippen molar-refractivity contribution in [2.45, 2.75) is 78.2 Å². The molecule has 4 aliphatic carbocycles. The fourth-order valence-corrected chi connectivity index (χ4v) is 9.51. The zero-order chi connectivity index (χ0) is 23.8. The first kappa shape index (κ1) is 21.8. The third kappa shape index (κ3) is 2.95. The molecule has 182 valence electrons. The van der Waals surface area contributed by atoms with Crippen molar-refractivity contribution in [2.24, 2.45) is 34.0 Å². The molecule has 4 aliphatic rings. The van der Waals surface area contributed by atoms with Gasteiger partial charge in [-0.05, 0) is 114 Å². The lowest BCUT2D eigenvalue weighted by Crippen LogP contribution is -2.57. The van der Waals surface area contributed by atoms with Gasteiger partial charge in [-0.1, -0.05) is 44.2 Å². The summed E-state index contributed by atoms with van der Waals surface area (Å²) in [5, 5.41) is 11.0. The first-order valence-electron chi connectivity index (χ1n) is 13.8. The van der Waals surface area contributed by atoms with Crippen LogP contribution in [0.2, 0.25) is 0 Å². The summed E-state index contributed by atoms with van der Waals surface area (Å²) >= 11 is 0. The van der Waals surface area contributed by atoms with Crippen LogP contribution in [0.5, 0.6) is 0 Å². The van der Waals surface area contributed by atoms with E-state index < -0.39 is 0 Å². The minimum atomic E-state index is 0.255. The van der Waals surface area contributed by atoms with Crippen molar-refractivity contribution in [1.29, 1.82) is 0 Å². The number of fused-ring (bicyclic) bond motifs is 6. The van der Waals surface area contributed by atoms with Gasteiger partial charge < -0.3 is 0 Å². The topological polar surface area (TPSA) is 43.6 Å². The second kappa shape index (κ2) is 7.51. The Bertz CT molecular complexity index is 1290. The van der Waals surface area contributed by atoms with E-state index >= 15 is 0 Å². The maximum absolute atomic E-state index is 4.39. The molecule has 35 heavy (non-hydrogen) atoms. The fraction of sp³-hybridized carbons (Fsp3) is 0.581. The highest BCUT2D eigenvalue weighted by Gasteiger charge is 2.63. The Kier molecular flexibility index (Phi) is 4.67. The van der Waals surface area contributed by atoms with Crippen molar-refractivity contribution < 1.29 is 0 Å². The lowest BCUT2D eigenvalue weighted by molar-refractivity contribution is -0.139.